The molecule has 0 saturated heterocycles. The minimum atomic E-state index is -0.488. The highest BCUT2D eigenvalue weighted by Gasteiger charge is 2.02. The van der Waals surface area contributed by atoms with Crippen molar-refractivity contribution in [1.29, 1.82) is 0 Å². The van der Waals surface area contributed by atoms with Crippen LogP contribution in [0.1, 0.15) is 18.6 Å². The van der Waals surface area contributed by atoms with Crippen molar-refractivity contribution < 1.29 is 9.84 Å². The molecule has 0 aliphatic rings. The van der Waals surface area contributed by atoms with Gasteiger partial charge in [0.05, 0.1) is 6.10 Å². The molecule has 0 radical (unpaired) electrons. The van der Waals surface area contributed by atoms with Gasteiger partial charge in [0.1, 0.15) is 12.4 Å². The standard InChI is InChI=1S/C11H13ClO2/c1-8(12)7-14-11-5-3-4-10(6-11)9(2)13/h3-6,9,13H,1,7H2,2H3/t9-/m0/s1. The summed E-state index contributed by atoms with van der Waals surface area (Å²) < 4.78 is 5.32. The van der Waals surface area contributed by atoms with Crippen molar-refractivity contribution in [3.8, 4) is 5.75 Å². The van der Waals surface area contributed by atoms with Crippen LogP contribution in [0.5, 0.6) is 5.75 Å². The molecule has 76 valence electrons. The van der Waals surface area contributed by atoms with Crippen LogP contribution in [0.4, 0.5) is 0 Å². The molecule has 2 nitrogen and oxygen atoms in total. The Morgan fingerprint density at radius 1 is 1.64 bits per heavy atom. The second-order valence-electron chi connectivity index (χ2n) is 3.05. The van der Waals surface area contributed by atoms with Crippen LogP contribution in [0.2, 0.25) is 0 Å². The fourth-order valence-corrected chi connectivity index (χ4v) is 1.08. The van der Waals surface area contributed by atoms with Gasteiger partial charge in [-0.1, -0.05) is 30.3 Å². The van der Waals surface area contributed by atoms with Crippen LogP contribution in [0.3, 0.4) is 0 Å². The van der Waals surface area contributed by atoms with Gasteiger partial charge in [0.15, 0.2) is 0 Å². The largest absolute Gasteiger partial charge is 0.488 e. The van der Waals surface area contributed by atoms with Crippen LogP contribution in [0.25, 0.3) is 0 Å². The van der Waals surface area contributed by atoms with Crippen molar-refractivity contribution in [2.45, 2.75) is 13.0 Å². The predicted molar refractivity (Wildman–Crippen MR) is 57.6 cm³/mol. The zero-order valence-corrected chi connectivity index (χ0v) is 8.79. The summed E-state index contributed by atoms with van der Waals surface area (Å²) in [6.45, 7) is 5.51. The van der Waals surface area contributed by atoms with Crippen LogP contribution in [-0.4, -0.2) is 11.7 Å². The van der Waals surface area contributed by atoms with E-state index >= 15 is 0 Å². The van der Waals surface area contributed by atoms with E-state index in [1.807, 2.05) is 18.2 Å². The van der Waals surface area contributed by atoms with E-state index in [9.17, 15) is 5.11 Å². The summed E-state index contributed by atoms with van der Waals surface area (Å²) in [6.07, 6.45) is -0.488. The van der Waals surface area contributed by atoms with E-state index in [-0.39, 0.29) is 6.61 Å². The summed E-state index contributed by atoms with van der Waals surface area (Å²) in [6, 6.07) is 7.26. The SMILES string of the molecule is C=C(Cl)COc1cccc([C@H](C)O)c1. The molecule has 0 unspecified atom stereocenters. The lowest BCUT2D eigenvalue weighted by molar-refractivity contribution is 0.198. The number of aliphatic hydroxyl groups is 1. The van der Waals surface area contributed by atoms with Gasteiger partial charge in [-0.05, 0) is 24.6 Å². The summed E-state index contributed by atoms with van der Waals surface area (Å²) in [7, 11) is 0. The molecule has 0 saturated carbocycles. The first-order valence-corrected chi connectivity index (χ1v) is 4.71. The van der Waals surface area contributed by atoms with Crippen LogP contribution >= 0.6 is 11.6 Å². The number of aliphatic hydroxyl groups excluding tert-OH is 1. The Balaban J connectivity index is 2.68. The molecule has 1 aromatic carbocycles. The highest BCUT2D eigenvalue weighted by Crippen LogP contribution is 2.19. The number of rotatable bonds is 4. The lowest BCUT2D eigenvalue weighted by Gasteiger charge is -2.08. The average molecular weight is 213 g/mol. The second-order valence-corrected chi connectivity index (χ2v) is 3.59. The van der Waals surface area contributed by atoms with E-state index in [4.69, 9.17) is 16.3 Å². The Hall–Kier alpha value is -0.990. The number of halogens is 1. The number of hydrogen-bond donors (Lipinski definition) is 1. The van der Waals surface area contributed by atoms with Gasteiger partial charge in [0.2, 0.25) is 0 Å². The maximum atomic E-state index is 9.33. The van der Waals surface area contributed by atoms with Crippen molar-refractivity contribution in [2.24, 2.45) is 0 Å². The Morgan fingerprint density at radius 2 is 2.36 bits per heavy atom. The van der Waals surface area contributed by atoms with Crippen LogP contribution < -0.4 is 4.74 Å². The smallest absolute Gasteiger partial charge is 0.123 e. The van der Waals surface area contributed by atoms with Crippen molar-refractivity contribution in [3.63, 3.8) is 0 Å². The first kappa shape index (κ1) is 11.1. The number of benzene rings is 1. The van der Waals surface area contributed by atoms with Gasteiger partial charge in [0, 0.05) is 5.03 Å². The summed E-state index contributed by atoms with van der Waals surface area (Å²) in [4.78, 5) is 0. The molecule has 14 heavy (non-hydrogen) atoms. The maximum Gasteiger partial charge on any atom is 0.123 e. The molecule has 0 aromatic heterocycles. The fourth-order valence-electron chi connectivity index (χ4n) is 1.03. The first-order valence-electron chi connectivity index (χ1n) is 4.33. The molecule has 1 aromatic rings. The fraction of sp³-hybridized carbons (Fsp3) is 0.273. The highest BCUT2D eigenvalue weighted by molar-refractivity contribution is 6.29. The van der Waals surface area contributed by atoms with Crippen LogP contribution in [0, 0.1) is 0 Å². The molecule has 0 spiro atoms. The molecule has 1 atom stereocenters. The minimum Gasteiger partial charge on any atom is -0.488 e. The molecule has 1 N–H and O–H groups in total. The van der Waals surface area contributed by atoms with Crippen molar-refractivity contribution >= 4 is 11.6 Å². The van der Waals surface area contributed by atoms with E-state index in [0.717, 1.165) is 5.56 Å². The molecule has 3 heteroatoms. The van der Waals surface area contributed by atoms with Gasteiger partial charge >= 0.3 is 0 Å². The van der Waals surface area contributed by atoms with Crippen molar-refractivity contribution in [3.05, 3.63) is 41.4 Å². The molecule has 1 rings (SSSR count). The summed E-state index contributed by atoms with van der Waals surface area (Å²) in [5, 5.41) is 9.78. The monoisotopic (exact) mass is 212 g/mol. The lowest BCUT2D eigenvalue weighted by atomic mass is 10.1. The normalized spacial score (nSPS) is 12.2. The van der Waals surface area contributed by atoms with Gasteiger partial charge < -0.3 is 9.84 Å². The molecular formula is C11H13ClO2. The van der Waals surface area contributed by atoms with Crippen molar-refractivity contribution in [1.82, 2.24) is 0 Å². The molecule has 0 aliphatic heterocycles. The van der Waals surface area contributed by atoms with E-state index in [1.54, 1.807) is 13.0 Å². The van der Waals surface area contributed by atoms with E-state index in [2.05, 4.69) is 6.58 Å². The summed E-state index contributed by atoms with van der Waals surface area (Å²) in [5.74, 6) is 0.685. The quantitative estimate of drug-likeness (QED) is 0.832. The molecular weight excluding hydrogens is 200 g/mol. The highest BCUT2D eigenvalue weighted by atomic mass is 35.5. The van der Waals surface area contributed by atoms with Gasteiger partial charge in [-0.15, -0.1) is 0 Å². The first-order chi connectivity index (χ1) is 6.59. The van der Waals surface area contributed by atoms with Crippen LogP contribution in [-0.2, 0) is 0 Å². The molecule has 0 amide bonds. The third-order valence-electron chi connectivity index (χ3n) is 1.74. The third-order valence-corrected chi connectivity index (χ3v) is 1.85. The van der Waals surface area contributed by atoms with E-state index < -0.39 is 6.10 Å². The van der Waals surface area contributed by atoms with Crippen LogP contribution in [0.15, 0.2) is 35.9 Å². The summed E-state index contributed by atoms with van der Waals surface area (Å²) in [5.41, 5.74) is 0.822. The molecule has 0 heterocycles. The topological polar surface area (TPSA) is 29.5 Å². The number of ether oxygens (including phenoxy) is 1. The lowest BCUT2D eigenvalue weighted by Crippen LogP contribution is -1.97. The predicted octanol–water partition coefficient (Wildman–Crippen LogP) is 2.87. The van der Waals surface area contributed by atoms with Gasteiger partial charge in [-0.2, -0.15) is 0 Å². The average Bonchev–Trinajstić information content (AvgIpc) is 2.15. The zero-order valence-electron chi connectivity index (χ0n) is 8.03. The molecule has 0 aliphatic carbocycles. The van der Waals surface area contributed by atoms with Crippen molar-refractivity contribution in [2.75, 3.05) is 6.61 Å². The van der Waals surface area contributed by atoms with E-state index in [1.165, 1.54) is 0 Å². The Morgan fingerprint density at radius 3 is 2.93 bits per heavy atom. The number of hydrogen-bond acceptors (Lipinski definition) is 2. The molecule has 0 bridgehead atoms. The Kier molecular flexibility index (Phi) is 3.98. The zero-order chi connectivity index (χ0) is 10.6. The van der Waals surface area contributed by atoms with Gasteiger partial charge in [-0.3, -0.25) is 0 Å². The Labute approximate surface area is 88.8 Å². The minimum absolute atomic E-state index is 0.283. The van der Waals surface area contributed by atoms with Gasteiger partial charge in [-0.25, -0.2) is 0 Å². The maximum absolute atomic E-state index is 9.33. The summed E-state index contributed by atoms with van der Waals surface area (Å²) >= 11 is 5.56. The van der Waals surface area contributed by atoms with Gasteiger partial charge in [0.25, 0.3) is 0 Å². The van der Waals surface area contributed by atoms with E-state index in [0.29, 0.717) is 10.8 Å². The second kappa shape index (κ2) is 5.03. The third kappa shape index (κ3) is 3.40. The Bertz CT molecular complexity index is 321. The molecule has 0 fully saturated rings.